The first-order valence-electron chi connectivity index (χ1n) is 8.66. The van der Waals surface area contributed by atoms with Crippen LogP contribution in [0.15, 0.2) is 35.1 Å². The van der Waals surface area contributed by atoms with Gasteiger partial charge < -0.3 is 4.90 Å². The molecule has 0 spiro atoms. The molecule has 2 N–H and O–H groups in total. The second kappa shape index (κ2) is 6.12. The number of rotatable bonds is 3. The van der Waals surface area contributed by atoms with Crippen molar-refractivity contribution in [2.45, 2.75) is 24.8 Å². The largest absolute Gasteiger partial charge is 0.326 e. The highest BCUT2D eigenvalue weighted by Gasteiger charge is 2.45. The zero-order valence-corrected chi connectivity index (χ0v) is 15.7. The highest BCUT2D eigenvalue weighted by Crippen LogP contribution is 2.46. The number of aromatic amines is 1. The molecule has 1 aliphatic heterocycles. The van der Waals surface area contributed by atoms with E-state index >= 15 is 0 Å². The molecule has 136 valence electrons. The standard InChI is InChI=1S/C18H15BrN6O2/c19-10-1-2-12-13(5-10)11-3-4-14(11)25(17(12)27)8-15(26)22-18-20-6-9-7-21-24-16(9)23-18/h1-2,5-7,11,14H,3-4,8H2,(H2,20,21,22,23,24,26)/t11-,14-/m0/s1. The maximum atomic E-state index is 12.9. The van der Waals surface area contributed by atoms with Gasteiger partial charge in [0.25, 0.3) is 5.91 Å². The van der Waals surface area contributed by atoms with Crippen LogP contribution in [0.5, 0.6) is 0 Å². The fourth-order valence-corrected chi connectivity index (χ4v) is 4.24. The molecule has 9 heteroatoms. The topological polar surface area (TPSA) is 104 Å². The molecule has 2 aromatic heterocycles. The van der Waals surface area contributed by atoms with E-state index in [0.717, 1.165) is 28.3 Å². The van der Waals surface area contributed by atoms with Crippen molar-refractivity contribution in [2.75, 3.05) is 11.9 Å². The highest BCUT2D eigenvalue weighted by atomic mass is 79.9. The first kappa shape index (κ1) is 16.4. The number of aromatic nitrogens is 4. The van der Waals surface area contributed by atoms with Gasteiger partial charge >= 0.3 is 0 Å². The zero-order chi connectivity index (χ0) is 18.5. The van der Waals surface area contributed by atoms with E-state index in [9.17, 15) is 9.59 Å². The second-order valence-electron chi connectivity index (χ2n) is 6.83. The number of anilines is 1. The summed E-state index contributed by atoms with van der Waals surface area (Å²) in [7, 11) is 0. The number of nitrogens with zero attached hydrogens (tertiary/aromatic N) is 4. The minimum atomic E-state index is -0.312. The van der Waals surface area contributed by atoms with Crippen LogP contribution < -0.4 is 5.32 Å². The third-order valence-corrected chi connectivity index (χ3v) is 5.79. The lowest BCUT2D eigenvalue weighted by atomic mass is 9.70. The van der Waals surface area contributed by atoms with Crippen LogP contribution in [0.3, 0.4) is 0 Å². The summed E-state index contributed by atoms with van der Waals surface area (Å²) in [6.45, 7) is -0.0140. The van der Waals surface area contributed by atoms with E-state index < -0.39 is 0 Å². The SMILES string of the molecule is O=C(CN1C(=O)c2ccc(Br)cc2[C@@H]2CC[C@@H]21)Nc1ncc2cn[nH]c2n1. The summed E-state index contributed by atoms with van der Waals surface area (Å²) in [6.07, 6.45) is 5.13. The number of benzene rings is 1. The summed E-state index contributed by atoms with van der Waals surface area (Å²) >= 11 is 3.48. The van der Waals surface area contributed by atoms with Gasteiger partial charge in [-0.25, -0.2) is 4.98 Å². The van der Waals surface area contributed by atoms with Crippen molar-refractivity contribution in [3.05, 3.63) is 46.2 Å². The van der Waals surface area contributed by atoms with Gasteiger partial charge in [0.05, 0.1) is 11.6 Å². The Labute approximate surface area is 162 Å². The van der Waals surface area contributed by atoms with Gasteiger partial charge in [0, 0.05) is 28.2 Å². The summed E-state index contributed by atoms with van der Waals surface area (Å²) in [5, 5.41) is 10.1. The van der Waals surface area contributed by atoms with Crippen LogP contribution in [0.1, 0.15) is 34.7 Å². The predicted molar refractivity (Wildman–Crippen MR) is 101 cm³/mol. The number of carbonyl (C=O) groups is 2. The van der Waals surface area contributed by atoms with Crippen molar-refractivity contribution >= 4 is 44.7 Å². The Morgan fingerprint density at radius 1 is 1.33 bits per heavy atom. The van der Waals surface area contributed by atoms with Crippen LogP contribution in [0, 0.1) is 0 Å². The zero-order valence-electron chi connectivity index (χ0n) is 14.1. The molecule has 0 saturated heterocycles. The number of carbonyl (C=O) groups excluding carboxylic acids is 2. The number of fused-ring (bicyclic) bond motifs is 4. The molecule has 3 heterocycles. The Balaban J connectivity index is 1.36. The van der Waals surface area contributed by atoms with Gasteiger partial charge in [-0.05, 0) is 36.6 Å². The number of amides is 2. The van der Waals surface area contributed by atoms with Crippen LogP contribution in [-0.4, -0.2) is 49.5 Å². The van der Waals surface area contributed by atoms with Crippen LogP contribution in [0.25, 0.3) is 11.0 Å². The molecule has 0 bridgehead atoms. The molecule has 27 heavy (non-hydrogen) atoms. The van der Waals surface area contributed by atoms with Crippen molar-refractivity contribution in [1.29, 1.82) is 0 Å². The average Bonchev–Trinajstić information content (AvgIpc) is 3.06. The molecule has 3 aromatic rings. The monoisotopic (exact) mass is 426 g/mol. The first-order chi connectivity index (χ1) is 13.1. The summed E-state index contributed by atoms with van der Waals surface area (Å²) < 4.78 is 0.970. The lowest BCUT2D eigenvalue weighted by Gasteiger charge is -2.48. The minimum Gasteiger partial charge on any atom is -0.326 e. The normalized spacial score (nSPS) is 20.8. The molecule has 1 aromatic carbocycles. The third-order valence-electron chi connectivity index (χ3n) is 5.30. The van der Waals surface area contributed by atoms with E-state index in [2.05, 4.69) is 41.4 Å². The maximum absolute atomic E-state index is 12.9. The van der Waals surface area contributed by atoms with Gasteiger partial charge in [0.1, 0.15) is 6.54 Å². The molecular weight excluding hydrogens is 412 g/mol. The molecule has 5 rings (SSSR count). The smallest absolute Gasteiger partial charge is 0.254 e. The number of hydrogen-bond donors (Lipinski definition) is 2. The molecule has 0 radical (unpaired) electrons. The van der Waals surface area contributed by atoms with Crippen LogP contribution in [-0.2, 0) is 4.79 Å². The number of hydrogen-bond acceptors (Lipinski definition) is 5. The minimum absolute atomic E-state index is 0.0140. The Morgan fingerprint density at radius 3 is 3.04 bits per heavy atom. The quantitative estimate of drug-likeness (QED) is 0.669. The van der Waals surface area contributed by atoms with E-state index in [-0.39, 0.29) is 30.3 Å². The van der Waals surface area contributed by atoms with Crippen molar-refractivity contribution in [2.24, 2.45) is 0 Å². The Bertz CT molecular complexity index is 1080. The Hall–Kier alpha value is -2.81. The van der Waals surface area contributed by atoms with Gasteiger partial charge in [0.15, 0.2) is 5.65 Å². The van der Waals surface area contributed by atoms with Crippen LogP contribution in [0.2, 0.25) is 0 Å². The second-order valence-corrected chi connectivity index (χ2v) is 7.75. The summed E-state index contributed by atoms with van der Waals surface area (Å²) in [4.78, 5) is 35.5. The number of nitrogens with one attached hydrogen (secondary N) is 2. The lowest BCUT2D eigenvalue weighted by molar-refractivity contribution is -0.117. The molecule has 1 aliphatic carbocycles. The Morgan fingerprint density at radius 2 is 2.22 bits per heavy atom. The fraction of sp³-hybridized carbons (Fsp3) is 0.278. The number of H-pyrrole nitrogens is 1. The van der Waals surface area contributed by atoms with Gasteiger partial charge in [-0.15, -0.1) is 0 Å². The van der Waals surface area contributed by atoms with Crippen LogP contribution in [0.4, 0.5) is 5.95 Å². The highest BCUT2D eigenvalue weighted by molar-refractivity contribution is 9.10. The van der Waals surface area contributed by atoms with E-state index in [1.54, 1.807) is 17.3 Å². The first-order valence-corrected chi connectivity index (χ1v) is 9.46. The molecule has 1 saturated carbocycles. The van der Waals surface area contributed by atoms with Gasteiger partial charge in [-0.3, -0.25) is 20.0 Å². The van der Waals surface area contributed by atoms with Crippen molar-refractivity contribution < 1.29 is 9.59 Å². The number of halogens is 1. The lowest BCUT2D eigenvalue weighted by Crippen LogP contribution is -2.55. The summed E-state index contributed by atoms with van der Waals surface area (Å²) in [6, 6.07) is 5.79. The molecule has 8 nitrogen and oxygen atoms in total. The van der Waals surface area contributed by atoms with Gasteiger partial charge in [0.2, 0.25) is 11.9 Å². The predicted octanol–water partition coefficient (Wildman–Crippen LogP) is 2.46. The maximum Gasteiger partial charge on any atom is 0.254 e. The van der Waals surface area contributed by atoms with E-state index in [0.29, 0.717) is 17.1 Å². The molecule has 0 unspecified atom stereocenters. The third kappa shape index (κ3) is 2.69. The fourth-order valence-electron chi connectivity index (χ4n) is 3.87. The van der Waals surface area contributed by atoms with Crippen molar-refractivity contribution in [3.8, 4) is 0 Å². The van der Waals surface area contributed by atoms with E-state index in [1.807, 2.05) is 18.2 Å². The van der Waals surface area contributed by atoms with E-state index in [1.165, 1.54) is 0 Å². The van der Waals surface area contributed by atoms with Gasteiger partial charge in [-0.1, -0.05) is 15.9 Å². The molecule has 2 atom stereocenters. The van der Waals surface area contributed by atoms with E-state index in [4.69, 9.17) is 0 Å². The van der Waals surface area contributed by atoms with Crippen molar-refractivity contribution in [1.82, 2.24) is 25.1 Å². The summed E-state index contributed by atoms with van der Waals surface area (Å²) in [5.74, 6) is 0.0725. The van der Waals surface area contributed by atoms with Crippen molar-refractivity contribution in [3.63, 3.8) is 0 Å². The molecule has 2 aliphatic rings. The molecule has 2 amide bonds. The molecule has 1 fully saturated rings. The Kier molecular flexibility index (Phi) is 3.71. The average molecular weight is 427 g/mol. The molecular formula is C18H15BrN6O2. The van der Waals surface area contributed by atoms with Gasteiger partial charge in [-0.2, -0.15) is 10.1 Å². The van der Waals surface area contributed by atoms with Crippen LogP contribution >= 0.6 is 15.9 Å². The summed E-state index contributed by atoms with van der Waals surface area (Å²) in [5.41, 5.74) is 2.31.